The summed E-state index contributed by atoms with van der Waals surface area (Å²) < 4.78 is 34.0. The molecule has 160 valence electrons. The van der Waals surface area contributed by atoms with Crippen LogP contribution in [0.3, 0.4) is 0 Å². The molecule has 2 aromatic rings. The van der Waals surface area contributed by atoms with Crippen molar-refractivity contribution in [3.05, 3.63) is 72.3 Å². The molecule has 2 N–H and O–H groups in total. The van der Waals surface area contributed by atoms with E-state index < -0.39 is 10.0 Å². The molecular weight excluding hydrogens is 404 g/mol. The van der Waals surface area contributed by atoms with Crippen molar-refractivity contribution in [2.24, 2.45) is 5.14 Å². The van der Waals surface area contributed by atoms with Crippen molar-refractivity contribution in [2.45, 2.75) is 17.9 Å². The number of carbonyl (C=O) groups excluding carboxylic acids is 1. The Labute approximate surface area is 177 Å². The highest BCUT2D eigenvalue weighted by Gasteiger charge is 2.17. The van der Waals surface area contributed by atoms with Crippen LogP contribution in [0.2, 0.25) is 0 Å². The summed E-state index contributed by atoms with van der Waals surface area (Å²) in [4.78, 5) is 14.1. The van der Waals surface area contributed by atoms with Crippen molar-refractivity contribution in [3.63, 3.8) is 0 Å². The molecule has 0 heterocycles. The zero-order valence-corrected chi connectivity index (χ0v) is 18.1. The number of benzene rings is 2. The van der Waals surface area contributed by atoms with E-state index in [0.29, 0.717) is 23.7 Å². The molecule has 0 fully saturated rings. The SMILES string of the molecule is C=CCOc1ccc(/C=C/C(=O)N(C)C(C)c2cccc(S(N)(=O)=O)c2)cc1OC. The van der Waals surface area contributed by atoms with Crippen molar-refractivity contribution in [2.75, 3.05) is 20.8 Å². The van der Waals surface area contributed by atoms with Crippen LogP contribution >= 0.6 is 0 Å². The largest absolute Gasteiger partial charge is 0.493 e. The molecule has 0 bridgehead atoms. The molecule has 2 rings (SSSR count). The molecule has 30 heavy (non-hydrogen) atoms. The number of amides is 1. The third-order valence-electron chi connectivity index (χ3n) is 4.56. The Morgan fingerprint density at radius 3 is 2.60 bits per heavy atom. The topological polar surface area (TPSA) is 98.9 Å². The fourth-order valence-electron chi connectivity index (χ4n) is 2.71. The minimum Gasteiger partial charge on any atom is -0.493 e. The summed E-state index contributed by atoms with van der Waals surface area (Å²) in [6.45, 7) is 5.78. The maximum atomic E-state index is 12.6. The lowest BCUT2D eigenvalue weighted by atomic mass is 10.1. The lowest BCUT2D eigenvalue weighted by Crippen LogP contribution is -2.28. The van der Waals surface area contributed by atoms with E-state index in [-0.39, 0.29) is 16.8 Å². The molecule has 0 aliphatic rings. The van der Waals surface area contributed by atoms with Gasteiger partial charge in [0, 0.05) is 13.1 Å². The van der Waals surface area contributed by atoms with E-state index >= 15 is 0 Å². The normalized spacial score (nSPS) is 12.4. The monoisotopic (exact) mass is 430 g/mol. The van der Waals surface area contributed by atoms with Crippen molar-refractivity contribution in [3.8, 4) is 11.5 Å². The number of rotatable bonds is 9. The summed E-state index contributed by atoms with van der Waals surface area (Å²) in [5.41, 5.74) is 1.43. The van der Waals surface area contributed by atoms with Gasteiger partial charge in [0.2, 0.25) is 15.9 Å². The van der Waals surface area contributed by atoms with Crippen molar-refractivity contribution in [1.82, 2.24) is 4.90 Å². The molecule has 0 spiro atoms. The van der Waals surface area contributed by atoms with Crippen molar-refractivity contribution < 1.29 is 22.7 Å². The van der Waals surface area contributed by atoms with Gasteiger partial charge in [0.05, 0.1) is 18.0 Å². The van der Waals surface area contributed by atoms with E-state index in [0.717, 1.165) is 5.56 Å². The number of hydrogen-bond acceptors (Lipinski definition) is 5. The first kappa shape index (κ1) is 23.2. The van der Waals surface area contributed by atoms with Crippen molar-refractivity contribution >= 4 is 22.0 Å². The summed E-state index contributed by atoms with van der Waals surface area (Å²) in [7, 11) is -0.624. The zero-order chi connectivity index (χ0) is 22.3. The second-order valence-electron chi connectivity index (χ2n) is 6.59. The molecule has 0 saturated heterocycles. The van der Waals surface area contributed by atoms with Gasteiger partial charge in [-0.15, -0.1) is 0 Å². The molecule has 2 aromatic carbocycles. The van der Waals surface area contributed by atoms with Crippen molar-refractivity contribution in [1.29, 1.82) is 0 Å². The molecule has 8 heteroatoms. The second-order valence-corrected chi connectivity index (χ2v) is 8.15. The molecule has 7 nitrogen and oxygen atoms in total. The molecule has 0 aromatic heterocycles. The summed E-state index contributed by atoms with van der Waals surface area (Å²) >= 11 is 0. The van der Waals surface area contributed by atoms with E-state index in [1.54, 1.807) is 50.6 Å². The lowest BCUT2D eigenvalue weighted by Gasteiger charge is -2.24. The first-order chi connectivity index (χ1) is 14.2. The fourth-order valence-corrected chi connectivity index (χ4v) is 3.28. The lowest BCUT2D eigenvalue weighted by molar-refractivity contribution is -0.126. The number of methoxy groups -OCH3 is 1. The van der Waals surface area contributed by atoms with Gasteiger partial charge < -0.3 is 14.4 Å². The maximum absolute atomic E-state index is 12.6. The van der Waals surface area contributed by atoms with Crippen LogP contribution in [0.15, 0.2) is 66.1 Å². The number of ether oxygens (including phenoxy) is 2. The van der Waals surface area contributed by atoms with Crippen LogP contribution in [0, 0.1) is 0 Å². The summed E-state index contributed by atoms with van der Waals surface area (Å²) in [5, 5.41) is 5.19. The number of nitrogens with two attached hydrogens (primary N) is 1. The van der Waals surface area contributed by atoms with Gasteiger partial charge in [-0.05, 0) is 48.4 Å². The summed E-state index contributed by atoms with van der Waals surface area (Å²) in [5.74, 6) is 0.892. The predicted octanol–water partition coefficient (Wildman–Crippen LogP) is 3.14. The average Bonchev–Trinajstić information content (AvgIpc) is 2.74. The van der Waals surface area contributed by atoms with Gasteiger partial charge in [0.15, 0.2) is 11.5 Å². The van der Waals surface area contributed by atoms with Crippen LogP contribution in [-0.4, -0.2) is 40.0 Å². The van der Waals surface area contributed by atoms with E-state index in [9.17, 15) is 13.2 Å². The number of nitrogens with zero attached hydrogens (tertiary/aromatic N) is 1. The van der Waals surface area contributed by atoms with E-state index in [4.69, 9.17) is 14.6 Å². The Kier molecular flexibility index (Phi) is 7.79. The Bertz CT molecular complexity index is 1050. The van der Waals surface area contributed by atoms with E-state index in [2.05, 4.69) is 6.58 Å². The van der Waals surface area contributed by atoms with E-state index in [1.807, 2.05) is 13.0 Å². The number of hydrogen-bond donors (Lipinski definition) is 1. The number of sulfonamides is 1. The van der Waals surface area contributed by atoms with Crippen LogP contribution in [0.1, 0.15) is 24.1 Å². The van der Waals surface area contributed by atoms with Gasteiger partial charge in [0.25, 0.3) is 0 Å². The number of primary sulfonamides is 1. The van der Waals surface area contributed by atoms with E-state index in [1.165, 1.54) is 23.1 Å². The van der Waals surface area contributed by atoms with Gasteiger partial charge in [-0.25, -0.2) is 13.6 Å². The molecule has 1 unspecified atom stereocenters. The Morgan fingerprint density at radius 1 is 1.23 bits per heavy atom. The van der Waals surface area contributed by atoms with Gasteiger partial charge in [-0.1, -0.05) is 30.9 Å². The number of carbonyl (C=O) groups is 1. The van der Waals surface area contributed by atoms with Gasteiger partial charge >= 0.3 is 0 Å². The van der Waals surface area contributed by atoms with Gasteiger partial charge in [0.1, 0.15) is 6.61 Å². The smallest absolute Gasteiger partial charge is 0.246 e. The average molecular weight is 431 g/mol. The van der Waals surface area contributed by atoms with Gasteiger partial charge in [-0.3, -0.25) is 4.79 Å². The van der Waals surface area contributed by atoms with Crippen LogP contribution < -0.4 is 14.6 Å². The summed E-state index contributed by atoms with van der Waals surface area (Å²) in [6, 6.07) is 11.2. The number of likely N-dealkylation sites (N-methyl/N-ethyl adjacent to an activating group) is 1. The second kappa shape index (κ2) is 10.1. The highest BCUT2D eigenvalue weighted by Crippen LogP contribution is 2.29. The maximum Gasteiger partial charge on any atom is 0.246 e. The Hall–Kier alpha value is -3.10. The quantitative estimate of drug-likeness (QED) is 0.487. The van der Waals surface area contributed by atoms with Crippen LogP contribution in [0.25, 0.3) is 6.08 Å². The molecular formula is C22H26N2O5S. The standard InChI is InChI=1S/C22H26N2O5S/c1-5-13-29-20-11-9-17(14-21(20)28-4)10-12-22(25)24(3)16(2)18-7-6-8-19(15-18)30(23,26)27/h5-12,14-16H,1,13H2,2-4H3,(H2,23,26,27)/b12-10+. The molecule has 0 saturated carbocycles. The molecule has 0 radical (unpaired) electrons. The van der Waals surface area contributed by atoms with Crippen LogP contribution in [0.4, 0.5) is 0 Å². The predicted molar refractivity (Wildman–Crippen MR) is 117 cm³/mol. The minimum atomic E-state index is -3.81. The fraction of sp³-hybridized carbons (Fsp3) is 0.227. The Balaban J connectivity index is 2.15. The molecule has 1 atom stereocenters. The third-order valence-corrected chi connectivity index (χ3v) is 5.47. The first-order valence-electron chi connectivity index (χ1n) is 9.16. The Morgan fingerprint density at radius 2 is 1.97 bits per heavy atom. The first-order valence-corrected chi connectivity index (χ1v) is 10.7. The molecule has 0 aliphatic heterocycles. The van der Waals surface area contributed by atoms with Crippen LogP contribution in [0.5, 0.6) is 11.5 Å². The highest BCUT2D eigenvalue weighted by molar-refractivity contribution is 7.89. The van der Waals surface area contributed by atoms with Gasteiger partial charge in [-0.2, -0.15) is 0 Å². The zero-order valence-electron chi connectivity index (χ0n) is 17.2. The van der Waals surface area contributed by atoms with Crippen LogP contribution in [-0.2, 0) is 14.8 Å². The highest BCUT2D eigenvalue weighted by atomic mass is 32.2. The molecule has 1 amide bonds. The minimum absolute atomic E-state index is 0.00843. The summed E-state index contributed by atoms with van der Waals surface area (Å²) in [6.07, 6.45) is 4.76. The third kappa shape index (κ3) is 5.95. The molecule has 0 aliphatic carbocycles.